The van der Waals surface area contributed by atoms with Gasteiger partial charge in [-0.2, -0.15) is 5.10 Å². The Kier molecular flexibility index (Phi) is 4.88. The molecule has 19 heavy (non-hydrogen) atoms. The summed E-state index contributed by atoms with van der Waals surface area (Å²) in [6, 6.07) is 0. The molecule has 0 aliphatic rings. The van der Waals surface area contributed by atoms with Crippen molar-refractivity contribution < 1.29 is 10.0 Å². The Morgan fingerprint density at radius 3 is 2.63 bits per heavy atom. The van der Waals surface area contributed by atoms with Gasteiger partial charge in [-0.05, 0) is 26.7 Å². The molecule has 0 saturated carbocycles. The van der Waals surface area contributed by atoms with Crippen LogP contribution in [0.2, 0.25) is 0 Å². The first kappa shape index (κ1) is 15.4. The van der Waals surface area contributed by atoms with Crippen molar-refractivity contribution in [3.05, 3.63) is 15.8 Å². The minimum absolute atomic E-state index is 0.0213. The van der Waals surface area contributed by atoms with E-state index in [1.807, 2.05) is 20.8 Å². The van der Waals surface area contributed by atoms with E-state index < -0.39 is 10.5 Å². The molecule has 2 N–H and O–H groups in total. The Labute approximate surface area is 112 Å². The van der Waals surface area contributed by atoms with Crippen LogP contribution in [0.15, 0.2) is 0 Å². The molecule has 0 atom stereocenters. The van der Waals surface area contributed by atoms with Gasteiger partial charge in [-0.25, -0.2) is 4.68 Å². The van der Waals surface area contributed by atoms with Gasteiger partial charge in [0.15, 0.2) is 0 Å². The van der Waals surface area contributed by atoms with E-state index in [9.17, 15) is 10.1 Å². The van der Waals surface area contributed by atoms with Crippen LogP contribution in [-0.4, -0.2) is 32.0 Å². The third-order valence-corrected chi connectivity index (χ3v) is 2.95. The second kappa shape index (κ2) is 6.01. The first-order valence-corrected chi connectivity index (χ1v) is 6.41. The molecule has 0 amide bonds. The molecule has 0 fully saturated rings. The molecule has 0 aliphatic carbocycles. The fraction of sp³-hybridized carbons (Fsp3) is 0.750. The zero-order chi connectivity index (χ0) is 14.6. The summed E-state index contributed by atoms with van der Waals surface area (Å²) >= 11 is 0. The van der Waals surface area contributed by atoms with E-state index in [2.05, 4.69) is 10.4 Å². The second-order valence-corrected chi connectivity index (χ2v) is 5.26. The third-order valence-electron chi connectivity index (χ3n) is 2.95. The molecule has 0 aliphatic heterocycles. The predicted molar refractivity (Wildman–Crippen MR) is 73.3 cm³/mol. The number of nitrogens with one attached hydrogen (secondary N) is 1. The number of nitrogens with zero attached hydrogens (tertiary/aromatic N) is 3. The van der Waals surface area contributed by atoms with Crippen molar-refractivity contribution in [3.8, 4) is 0 Å². The van der Waals surface area contributed by atoms with Gasteiger partial charge in [0.1, 0.15) is 5.69 Å². The highest BCUT2D eigenvalue weighted by Crippen LogP contribution is 2.31. The molecule has 7 heteroatoms. The first-order chi connectivity index (χ1) is 8.82. The fourth-order valence-electron chi connectivity index (χ4n) is 1.97. The summed E-state index contributed by atoms with van der Waals surface area (Å²) in [5.41, 5.74) is 0.101. The molecule has 0 saturated heterocycles. The summed E-state index contributed by atoms with van der Waals surface area (Å²) in [4.78, 5) is 10.8. The number of aliphatic hydroxyl groups excluding tert-OH is 1. The van der Waals surface area contributed by atoms with Crippen LogP contribution < -0.4 is 5.32 Å². The second-order valence-electron chi connectivity index (χ2n) is 5.26. The number of nitro groups is 1. The van der Waals surface area contributed by atoms with Crippen LogP contribution in [0.5, 0.6) is 0 Å². The smallest absolute Gasteiger partial charge is 0.334 e. The van der Waals surface area contributed by atoms with E-state index in [1.165, 1.54) is 4.68 Å². The molecule has 108 valence electrons. The molecular formula is C12H22N4O3. The summed E-state index contributed by atoms with van der Waals surface area (Å²) < 4.78 is 1.50. The number of hydrogen-bond donors (Lipinski definition) is 2. The average Bonchev–Trinajstić information content (AvgIpc) is 2.55. The molecule has 1 rings (SSSR count). The lowest BCUT2D eigenvalue weighted by Crippen LogP contribution is -2.33. The van der Waals surface area contributed by atoms with Crippen LogP contribution in [0, 0.1) is 10.1 Å². The highest BCUT2D eigenvalue weighted by atomic mass is 16.6. The normalized spacial score (nSPS) is 11.6. The van der Waals surface area contributed by atoms with Gasteiger partial charge in [-0.15, -0.1) is 0 Å². The van der Waals surface area contributed by atoms with Gasteiger partial charge < -0.3 is 10.4 Å². The maximum absolute atomic E-state index is 11.2. The van der Waals surface area contributed by atoms with Crippen molar-refractivity contribution in [2.24, 2.45) is 7.05 Å². The van der Waals surface area contributed by atoms with Crippen molar-refractivity contribution in [1.29, 1.82) is 0 Å². The molecule has 1 aromatic heterocycles. The van der Waals surface area contributed by atoms with E-state index >= 15 is 0 Å². The first-order valence-electron chi connectivity index (χ1n) is 6.41. The van der Waals surface area contributed by atoms with Crippen molar-refractivity contribution in [3.63, 3.8) is 0 Å². The van der Waals surface area contributed by atoms with Crippen LogP contribution >= 0.6 is 0 Å². The molecule has 1 aromatic rings. The molecule has 0 bridgehead atoms. The maximum atomic E-state index is 11.2. The molecular weight excluding hydrogens is 248 g/mol. The Bertz CT molecular complexity index is 454. The van der Waals surface area contributed by atoms with Gasteiger partial charge in [0.2, 0.25) is 5.82 Å². The minimum atomic E-state index is -0.434. The molecule has 0 radical (unpaired) electrons. The molecule has 0 aromatic carbocycles. The average molecular weight is 270 g/mol. The van der Waals surface area contributed by atoms with Crippen LogP contribution in [0.25, 0.3) is 0 Å². The predicted octanol–water partition coefficient (Wildman–Crippen LogP) is 1.85. The number of rotatable bonds is 7. The Morgan fingerprint density at radius 2 is 2.16 bits per heavy atom. The van der Waals surface area contributed by atoms with Crippen LogP contribution in [0.4, 0.5) is 11.5 Å². The Hall–Kier alpha value is -1.63. The van der Waals surface area contributed by atoms with Crippen molar-refractivity contribution in [2.75, 3.05) is 11.9 Å². The highest BCUT2D eigenvalue weighted by molar-refractivity contribution is 5.61. The fourth-order valence-corrected chi connectivity index (χ4v) is 1.97. The molecule has 7 nitrogen and oxygen atoms in total. The van der Waals surface area contributed by atoms with Crippen molar-refractivity contribution in [1.82, 2.24) is 9.78 Å². The van der Waals surface area contributed by atoms with E-state index in [1.54, 1.807) is 7.05 Å². The molecule has 0 spiro atoms. The maximum Gasteiger partial charge on any atom is 0.334 e. The summed E-state index contributed by atoms with van der Waals surface area (Å²) in [5, 5.41) is 27.6. The summed E-state index contributed by atoms with van der Waals surface area (Å²) in [7, 11) is 1.68. The van der Waals surface area contributed by atoms with Crippen LogP contribution in [-0.2, 0) is 13.5 Å². The summed E-state index contributed by atoms with van der Waals surface area (Å²) in [6.07, 6.45) is 1.88. The molecule has 1 heterocycles. The monoisotopic (exact) mass is 270 g/mol. The summed E-state index contributed by atoms with van der Waals surface area (Å²) in [5.74, 6) is 0.395. The lowest BCUT2D eigenvalue weighted by Gasteiger charge is -2.25. The van der Waals surface area contributed by atoms with Crippen LogP contribution in [0.3, 0.4) is 0 Å². The summed E-state index contributed by atoms with van der Waals surface area (Å²) in [6.45, 7) is 5.76. The highest BCUT2D eigenvalue weighted by Gasteiger charge is 2.29. The van der Waals surface area contributed by atoms with E-state index in [-0.39, 0.29) is 12.3 Å². The van der Waals surface area contributed by atoms with Gasteiger partial charge in [0, 0.05) is 19.2 Å². The Balaban J connectivity index is 3.15. The standard InChI is InChI=1S/C12H22N4O3/c1-5-6-9-10(16(18)19)11(15(4)14-9)13-12(2,3)7-8-17/h13,17H,5-8H2,1-4H3. The van der Waals surface area contributed by atoms with Crippen molar-refractivity contribution in [2.45, 2.75) is 45.6 Å². The van der Waals surface area contributed by atoms with E-state index in [0.717, 1.165) is 6.42 Å². The van der Waals surface area contributed by atoms with Gasteiger partial charge >= 0.3 is 5.69 Å². The number of aliphatic hydroxyl groups is 1. The zero-order valence-electron chi connectivity index (χ0n) is 11.9. The quantitative estimate of drug-likeness (QED) is 0.582. The third kappa shape index (κ3) is 3.66. The number of aromatic nitrogens is 2. The number of hydrogen-bond acceptors (Lipinski definition) is 5. The largest absolute Gasteiger partial charge is 0.396 e. The molecule has 0 unspecified atom stereocenters. The van der Waals surface area contributed by atoms with Crippen LogP contribution in [0.1, 0.15) is 39.3 Å². The van der Waals surface area contributed by atoms with Gasteiger partial charge in [0.25, 0.3) is 0 Å². The lowest BCUT2D eigenvalue weighted by atomic mass is 10.0. The van der Waals surface area contributed by atoms with E-state index in [0.29, 0.717) is 24.4 Å². The van der Waals surface area contributed by atoms with Gasteiger partial charge in [-0.3, -0.25) is 10.1 Å². The van der Waals surface area contributed by atoms with E-state index in [4.69, 9.17) is 5.11 Å². The van der Waals surface area contributed by atoms with Crippen molar-refractivity contribution >= 4 is 11.5 Å². The topological polar surface area (TPSA) is 93.2 Å². The SMILES string of the molecule is CCCc1nn(C)c(NC(C)(C)CCO)c1[N+](=O)[O-]. The lowest BCUT2D eigenvalue weighted by molar-refractivity contribution is -0.384. The zero-order valence-corrected chi connectivity index (χ0v) is 11.9. The van der Waals surface area contributed by atoms with Gasteiger partial charge in [-0.1, -0.05) is 13.3 Å². The van der Waals surface area contributed by atoms with Gasteiger partial charge in [0.05, 0.1) is 4.92 Å². The Morgan fingerprint density at radius 1 is 1.53 bits per heavy atom. The number of aryl methyl sites for hydroxylation is 2. The number of anilines is 1. The minimum Gasteiger partial charge on any atom is -0.396 e.